The number of amides is 1. The second-order valence-electron chi connectivity index (χ2n) is 14.7. The van der Waals surface area contributed by atoms with Crippen molar-refractivity contribution < 1.29 is 47.9 Å². The lowest BCUT2D eigenvalue weighted by Gasteiger charge is -2.24. The molecule has 1 heterocycles. The molecule has 85 heavy (non-hydrogen) atoms. The molecule has 0 radical (unpaired) electrons. The first kappa shape index (κ1) is 159. The quantitative estimate of drug-likeness (QED) is 0.116. The molecule has 0 saturated carbocycles. The van der Waals surface area contributed by atoms with Gasteiger partial charge in [0.2, 0.25) is 5.91 Å². The number of piperidine rings is 1. The van der Waals surface area contributed by atoms with E-state index in [4.69, 9.17) is 48.9 Å². The summed E-state index contributed by atoms with van der Waals surface area (Å²) in [6.45, 7) is 64.5. The molecule has 0 spiro atoms. The van der Waals surface area contributed by atoms with E-state index in [1.807, 2.05) is 125 Å². The van der Waals surface area contributed by atoms with Gasteiger partial charge in [-0.2, -0.15) is 0 Å². The maximum atomic E-state index is 10.7. The summed E-state index contributed by atoms with van der Waals surface area (Å²) in [4.78, 5) is 84.6. The zero-order valence-electron chi connectivity index (χ0n) is 60.2. The fraction of sp³-hybridized carbons (Fsp3) is 0.600. The predicted octanol–water partition coefficient (Wildman–Crippen LogP) is 13.9. The number of nitrogens with two attached hydrogens (primary N) is 5. The lowest BCUT2D eigenvalue weighted by Crippen LogP contribution is -2.33. The summed E-state index contributed by atoms with van der Waals surface area (Å²) in [5.41, 5.74) is 27.2. The molecule has 1 aliphatic heterocycles. The number of hydrogen-bond donors (Lipinski definition) is 9. The Labute approximate surface area is 528 Å². The van der Waals surface area contributed by atoms with Crippen LogP contribution in [-0.2, 0) is 60.8 Å². The number of carbonyl (C=O) groups is 10. The van der Waals surface area contributed by atoms with E-state index in [0.717, 1.165) is 56.7 Å². The molecule has 0 atom stereocenters. The van der Waals surface area contributed by atoms with Crippen LogP contribution in [0.25, 0.3) is 0 Å². The number of hydrogen-bond acceptors (Lipinski definition) is 19. The second kappa shape index (κ2) is 250. The first-order valence-electron chi connectivity index (χ1n) is 27.2. The van der Waals surface area contributed by atoms with Gasteiger partial charge in [0.05, 0.1) is 0 Å². The largest absolute Gasteiger partial charge is 0.344 e. The number of aryl methyl sites for hydroxylation is 2. The van der Waals surface area contributed by atoms with Gasteiger partial charge in [0, 0.05) is 20.0 Å². The standard InChI is InChI=1S/2C8H10.C7H13NO.2C5H12.C5H10.C4H11N.C4H10.C4H8.C2H6.4CH5N.9CH2O.4H3N/c2*1-2-8-6-4-3-5-7-8;1-7(9)8-5-3-2-4-6-8;3*1-4-5(2)3;1-2-3-4-5;1-4(2)3;1-3-4-2;14*1-2;;;;/h2*3-7H,2H2,1H3;2-6H2,1H3;2*5H,4H2,1-3H3;2,4H2,1,3H3;2-5H2,1H3;4H,1-3H3;3-4H,1-2H3;1-2H3;4*2H2,1H3;9*1H2;4*1H3/b;;;;;;;;4-3-;;;;;;;;;;;;;;;;;;. The lowest BCUT2D eigenvalue weighted by molar-refractivity contribution is -0.129. The topological polar surface area (TPSA) is 444 Å². The number of nitrogens with zero attached hydrogens (tertiary/aromatic N) is 1. The lowest BCUT2D eigenvalue weighted by atomic mass is 10.1. The van der Waals surface area contributed by atoms with Crippen molar-refractivity contribution in [2.24, 2.45) is 46.4 Å². The molecule has 1 amide bonds. The molecule has 20 heteroatoms. The molecule has 2 aromatic carbocycles. The van der Waals surface area contributed by atoms with Crippen LogP contribution in [-0.4, -0.2) is 120 Å². The molecular weight excluding hydrogens is 1080 g/mol. The van der Waals surface area contributed by atoms with E-state index >= 15 is 0 Å². The third-order valence-corrected chi connectivity index (χ3v) is 7.43. The molecule has 22 N–H and O–H groups in total. The average Bonchev–Trinajstić information content (AvgIpc) is 3.57. The van der Waals surface area contributed by atoms with Crippen LogP contribution in [0.1, 0.15) is 194 Å². The summed E-state index contributed by atoms with van der Waals surface area (Å²) >= 11 is 0. The van der Waals surface area contributed by atoms with Gasteiger partial charge in [0.15, 0.2) is 0 Å². The van der Waals surface area contributed by atoms with Crippen LogP contribution < -0.4 is 53.3 Å². The highest BCUT2D eigenvalue weighted by molar-refractivity contribution is 5.73. The van der Waals surface area contributed by atoms with E-state index in [-0.39, 0.29) is 30.5 Å². The predicted molar refractivity (Wildman–Crippen MR) is 384 cm³/mol. The third kappa shape index (κ3) is 367. The monoisotopic (exact) mass is 1230 g/mol. The van der Waals surface area contributed by atoms with E-state index in [9.17, 15) is 4.79 Å². The number of likely N-dealkylation sites (tertiary alicyclic amines) is 1. The highest BCUT2D eigenvalue weighted by Gasteiger charge is 2.11. The Morgan fingerprint density at radius 3 is 0.729 bits per heavy atom. The van der Waals surface area contributed by atoms with Crippen LogP contribution in [0.3, 0.4) is 0 Å². The van der Waals surface area contributed by atoms with Gasteiger partial charge in [0.25, 0.3) is 0 Å². The molecule has 1 saturated heterocycles. The molecule has 3 rings (SSSR count). The minimum absolute atomic E-state index is 0. The van der Waals surface area contributed by atoms with Crippen molar-refractivity contribution in [3.63, 3.8) is 0 Å². The summed E-state index contributed by atoms with van der Waals surface area (Å²) in [5.74, 6) is 2.83. The molecule has 1 aliphatic rings. The molecule has 0 bridgehead atoms. The van der Waals surface area contributed by atoms with E-state index in [1.165, 1.54) is 89.8 Å². The van der Waals surface area contributed by atoms with Gasteiger partial charge < -0.3 is 101 Å². The van der Waals surface area contributed by atoms with Crippen LogP contribution in [0.4, 0.5) is 0 Å². The summed E-state index contributed by atoms with van der Waals surface area (Å²) < 4.78 is 0. The smallest absolute Gasteiger partial charge is 0.219 e. The summed E-state index contributed by atoms with van der Waals surface area (Å²) in [6, 6.07) is 20.9. The van der Waals surface area contributed by atoms with E-state index in [0.29, 0.717) is 0 Å². The molecule has 0 aromatic heterocycles. The first-order valence-corrected chi connectivity index (χ1v) is 27.2. The van der Waals surface area contributed by atoms with Gasteiger partial charge in [-0.1, -0.05) is 202 Å². The molecule has 522 valence electrons. The van der Waals surface area contributed by atoms with Crippen molar-refractivity contribution in [3.05, 3.63) is 96.1 Å². The summed E-state index contributed by atoms with van der Waals surface area (Å²) in [6.07, 6.45) is 16.1. The van der Waals surface area contributed by atoms with Crippen molar-refractivity contribution >= 4 is 67.0 Å². The fourth-order valence-corrected chi connectivity index (χ4v) is 2.84. The van der Waals surface area contributed by atoms with Crippen LogP contribution in [0.15, 0.2) is 85.0 Å². The van der Waals surface area contributed by atoms with Crippen LogP contribution >= 0.6 is 0 Å². The van der Waals surface area contributed by atoms with E-state index < -0.39 is 0 Å². The highest BCUT2D eigenvalue weighted by Crippen LogP contribution is 2.07. The second-order valence-corrected chi connectivity index (χ2v) is 14.7. The SMILES string of the molecule is C/C=C\C.C=C(C)CC.C=O.C=O.C=O.C=O.C=O.C=O.C=O.C=O.C=O.CC.CC(=O)N1CCCCC1.CC(C)C.CCC(C)C.CCC(C)C.CCCCN.CCc1ccccc1.CCc1ccccc1.CN.CN.CN.CN.N.N.N.N. The van der Waals surface area contributed by atoms with E-state index in [1.54, 1.807) is 6.92 Å². The Bertz CT molecular complexity index is 1070. The maximum absolute atomic E-state index is 10.7. The van der Waals surface area contributed by atoms with Crippen molar-refractivity contribution in [2.45, 2.75) is 196 Å². The highest BCUT2D eigenvalue weighted by atomic mass is 16.2. The molecule has 2 aromatic rings. The van der Waals surface area contributed by atoms with Crippen LogP contribution in [0.5, 0.6) is 0 Å². The average molecular weight is 1230 g/mol. The number of carbonyl (C=O) groups excluding carboxylic acids is 10. The zero-order chi connectivity index (χ0) is 70.3. The maximum Gasteiger partial charge on any atom is 0.219 e. The number of rotatable bonds is 7. The Morgan fingerprint density at radius 2 is 0.659 bits per heavy atom. The van der Waals surface area contributed by atoms with E-state index in [2.05, 4.69) is 168 Å². The minimum atomic E-state index is 0. The van der Waals surface area contributed by atoms with Gasteiger partial charge in [-0.15, -0.1) is 6.58 Å². The van der Waals surface area contributed by atoms with Crippen molar-refractivity contribution in [2.75, 3.05) is 47.8 Å². The Balaban J connectivity index is -0.0000000213. The van der Waals surface area contributed by atoms with Crippen molar-refractivity contribution in [1.82, 2.24) is 29.5 Å². The van der Waals surface area contributed by atoms with Crippen molar-refractivity contribution in [1.29, 1.82) is 0 Å². The molecule has 0 aliphatic carbocycles. The number of allylic oxidation sites excluding steroid dienone is 3. The van der Waals surface area contributed by atoms with Gasteiger partial charge in [-0.25, -0.2) is 0 Å². The van der Waals surface area contributed by atoms with Crippen LogP contribution in [0.2, 0.25) is 0 Å². The Kier molecular flexibility index (Phi) is 467. The number of benzene rings is 2. The minimum Gasteiger partial charge on any atom is -0.344 e. The van der Waals surface area contributed by atoms with Gasteiger partial charge >= 0.3 is 0 Å². The van der Waals surface area contributed by atoms with Gasteiger partial charge in [0.1, 0.15) is 61.1 Å². The Hall–Kier alpha value is -5.94. The molecule has 0 unspecified atom stereocenters. The van der Waals surface area contributed by atoms with Gasteiger partial charge in [-0.05, 0) is 129 Å². The number of unbranched alkanes of at least 4 members (excludes halogenated alkanes) is 1. The zero-order valence-corrected chi connectivity index (χ0v) is 60.2. The molecular formula is C65H152N10O10. The summed E-state index contributed by atoms with van der Waals surface area (Å²) in [7, 11) is 6.00. The fourth-order valence-electron chi connectivity index (χ4n) is 2.84. The van der Waals surface area contributed by atoms with Crippen LogP contribution in [0, 0.1) is 17.8 Å². The summed E-state index contributed by atoms with van der Waals surface area (Å²) in [5, 5.41) is 0. The Morgan fingerprint density at radius 1 is 0.471 bits per heavy atom. The third-order valence-electron chi connectivity index (χ3n) is 7.43. The molecule has 1 fully saturated rings. The normalized spacial score (nSPS) is 7.54. The molecule has 20 nitrogen and oxygen atoms in total. The van der Waals surface area contributed by atoms with Gasteiger partial charge in [-0.3, -0.25) is 4.79 Å². The van der Waals surface area contributed by atoms with Crippen molar-refractivity contribution in [3.8, 4) is 0 Å². The first-order chi connectivity index (χ1) is 39.0.